The normalized spacial score (nSPS) is 14.6. The van der Waals surface area contributed by atoms with Gasteiger partial charge >= 0.3 is 0 Å². The highest BCUT2D eigenvalue weighted by Gasteiger charge is 2.21. The van der Waals surface area contributed by atoms with E-state index < -0.39 is 0 Å². The zero-order valence-electron chi connectivity index (χ0n) is 17.9. The van der Waals surface area contributed by atoms with Gasteiger partial charge < -0.3 is 14.1 Å². The van der Waals surface area contributed by atoms with Crippen LogP contribution in [-0.2, 0) is 6.67 Å². The van der Waals surface area contributed by atoms with Gasteiger partial charge in [0.15, 0.2) is 5.76 Å². The first-order chi connectivity index (χ1) is 15.7. The fraction of sp³-hybridized carbons (Fsp3) is 0.250. The maximum absolute atomic E-state index is 5.83. The maximum atomic E-state index is 5.83. The number of hydrogen-bond acceptors (Lipinski definition) is 6. The molecule has 0 amide bonds. The monoisotopic (exact) mass is 447 g/mol. The van der Waals surface area contributed by atoms with Crippen LogP contribution >= 0.6 is 12.2 Å². The molecule has 164 valence electrons. The van der Waals surface area contributed by atoms with Crippen molar-refractivity contribution in [2.24, 2.45) is 0 Å². The molecule has 2 aromatic heterocycles. The molecule has 0 aliphatic carbocycles. The van der Waals surface area contributed by atoms with E-state index in [0.29, 0.717) is 23.0 Å². The van der Waals surface area contributed by atoms with Crippen LogP contribution in [0.2, 0.25) is 0 Å². The van der Waals surface area contributed by atoms with Crippen LogP contribution in [0.4, 0.5) is 5.69 Å². The molecule has 0 spiro atoms. The summed E-state index contributed by atoms with van der Waals surface area (Å²) >= 11 is 5.83. The number of para-hydroxylation sites is 1. The van der Waals surface area contributed by atoms with E-state index >= 15 is 0 Å². The summed E-state index contributed by atoms with van der Waals surface area (Å²) < 4.78 is 15.4. The molecule has 1 aliphatic rings. The standard InChI is InChI=1S/C24H25N5O2S/c1-30-21-11-9-19(10-12-21)27-15-13-26(14-16-27)18-28-24(32)29(20-6-3-2-4-7-20)23(25-28)22-8-5-17-31-22/h2-12,17H,13-16,18H2,1H3. The zero-order valence-corrected chi connectivity index (χ0v) is 18.7. The van der Waals surface area contributed by atoms with Gasteiger partial charge in [0.25, 0.3) is 0 Å². The van der Waals surface area contributed by atoms with Crippen LogP contribution in [0, 0.1) is 4.77 Å². The zero-order chi connectivity index (χ0) is 21.9. The Hall–Kier alpha value is -3.36. The van der Waals surface area contributed by atoms with E-state index in [9.17, 15) is 0 Å². The highest BCUT2D eigenvalue weighted by molar-refractivity contribution is 7.71. The highest BCUT2D eigenvalue weighted by atomic mass is 32.1. The second-order valence-corrected chi connectivity index (χ2v) is 8.06. The Morgan fingerprint density at radius 1 is 0.906 bits per heavy atom. The molecule has 7 nitrogen and oxygen atoms in total. The molecule has 1 fully saturated rings. The molecule has 5 rings (SSSR count). The summed E-state index contributed by atoms with van der Waals surface area (Å²) in [5.41, 5.74) is 2.19. The molecule has 8 heteroatoms. The SMILES string of the molecule is COc1ccc(N2CCN(Cn3nc(-c4ccco4)n(-c4ccccc4)c3=S)CC2)cc1. The van der Waals surface area contributed by atoms with Crippen molar-refractivity contribution in [3.8, 4) is 23.0 Å². The molecule has 3 heterocycles. The van der Waals surface area contributed by atoms with Crippen molar-refractivity contribution in [2.75, 3.05) is 38.2 Å². The van der Waals surface area contributed by atoms with E-state index in [-0.39, 0.29) is 0 Å². The number of anilines is 1. The first-order valence-electron chi connectivity index (χ1n) is 10.6. The van der Waals surface area contributed by atoms with Crippen LogP contribution in [0.1, 0.15) is 0 Å². The number of aromatic nitrogens is 3. The van der Waals surface area contributed by atoms with Gasteiger partial charge in [0.1, 0.15) is 5.75 Å². The summed E-state index contributed by atoms with van der Waals surface area (Å²) in [4.78, 5) is 4.77. The molecule has 1 aliphatic heterocycles. The topological polar surface area (TPSA) is 51.6 Å². The van der Waals surface area contributed by atoms with Crippen LogP contribution in [0.3, 0.4) is 0 Å². The molecule has 0 saturated carbocycles. The van der Waals surface area contributed by atoms with Crippen molar-refractivity contribution < 1.29 is 9.15 Å². The van der Waals surface area contributed by atoms with Crippen LogP contribution in [0.5, 0.6) is 5.75 Å². The quantitative estimate of drug-likeness (QED) is 0.407. The maximum Gasteiger partial charge on any atom is 0.204 e. The van der Waals surface area contributed by atoms with Crippen LogP contribution < -0.4 is 9.64 Å². The first kappa shape index (κ1) is 20.5. The predicted octanol–water partition coefficient (Wildman–Crippen LogP) is 4.45. The number of furan rings is 1. The Morgan fingerprint density at radius 3 is 2.31 bits per heavy atom. The average molecular weight is 448 g/mol. The third-order valence-corrected chi connectivity index (χ3v) is 6.13. The van der Waals surface area contributed by atoms with Gasteiger partial charge in [-0.1, -0.05) is 18.2 Å². The third kappa shape index (κ3) is 4.06. The van der Waals surface area contributed by atoms with E-state index in [2.05, 4.69) is 21.9 Å². The number of ether oxygens (including phenoxy) is 1. The molecule has 0 atom stereocenters. The second kappa shape index (κ2) is 9.02. The lowest BCUT2D eigenvalue weighted by atomic mass is 10.2. The third-order valence-electron chi connectivity index (χ3n) is 5.74. The Labute approximate surface area is 192 Å². The van der Waals surface area contributed by atoms with Gasteiger partial charge in [-0.2, -0.15) is 0 Å². The van der Waals surface area contributed by atoms with Crippen LogP contribution in [-0.4, -0.2) is 52.5 Å². The molecule has 0 bridgehead atoms. The van der Waals surface area contributed by atoms with Gasteiger partial charge in [-0.3, -0.25) is 9.47 Å². The van der Waals surface area contributed by atoms with Crippen molar-refractivity contribution in [1.82, 2.24) is 19.2 Å². The fourth-order valence-electron chi connectivity index (χ4n) is 4.01. The molecule has 4 aromatic rings. The second-order valence-electron chi connectivity index (χ2n) is 7.70. The van der Waals surface area contributed by atoms with Gasteiger partial charge in [-0.05, 0) is 60.7 Å². The summed E-state index contributed by atoms with van der Waals surface area (Å²) in [5.74, 6) is 2.29. The number of rotatable bonds is 6. The van der Waals surface area contributed by atoms with Gasteiger partial charge in [0, 0.05) is 31.9 Å². The Balaban J connectivity index is 1.34. The van der Waals surface area contributed by atoms with Crippen LogP contribution in [0.25, 0.3) is 17.3 Å². The number of methoxy groups -OCH3 is 1. The Bertz CT molecular complexity index is 1210. The molecule has 32 heavy (non-hydrogen) atoms. The average Bonchev–Trinajstić information content (AvgIpc) is 3.49. The number of benzene rings is 2. The summed E-state index contributed by atoms with van der Waals surface area (Å²) in [6.07, 6.45) is 1.66. The van der Waals surface area contributed by atoms with Crippen molar-refractivity contribution in [2.45, 2.75) is 6.67 Å². The smallest absolute Gasteiger partial charge is 0.204 e. The van der Waals surface area contributed by atoms with E-state index in [1.54, 1.807) is 13.4 Å². The van der Waals surface area contributed by atoms with Crippen molar-refractivity contribution in [3.05, 3.63) is 77.8 Å². The minimum Gasteiger partial charge on any atom is -0.497 e. The highest BCUT2D eigenvalue weighted by Crippen LogP contribution is 2.24. The van der Waals surface area contributed by atoms with Crippen molar-refractivity contribution in [1.29, 1.82) is 0 Å². The summed E-state index contributed by atoms with van der Waals surface area (Å²) in [7, 11) is 1.69. The number of piperazine rings is 1. The lowest BCUT2D eigenvalue weighted by molar-refractivity contribution is 0.194. The Morgan fingerprint density at radius 2 is 1.66 bits per heavy atom. The van der Waals surface area contributed by atoms with E-state index in [0.717, 1.165) is 37.6 Å². The summed E-state index contributed by atoms with van der Waals surface area (Å²) in [6, 6.07) is 22.1. The van der Waals surface area contributed by atoms with E-state index in [1.165, 1.54) is 5.69 Å². The fourth-order valence-corrected chi connectivity index (χ4v) is 4.30. The van der Waals surface area contributed by atoms with E-state index in [4.69, 9.17) is 26.5 Å². The molecular formula is C24H25N5O2S. The molecule has 0 N–H and O–H groups in total. The molecule has 0 radical (unpaired) electrons. The van der Waals surface area contributed by atoms with Crippen molar-refractivity contribution in [3.63, 3.8) is 0 Å². The van der Waals surface area contributed by atoms with Crippen LogP contribution in [0.15, 0.2) is 77.4 Å². The lowest BCUT2D eigenvalue weighted by Crippen LogP contribution is -2.47. The molecule has 2 aromatic carbocycles. The molecular weight excluding hydrogens is 422 g/mol. The van der Waals surface area contributed by atoms with Crippen molar-refractivity contribution >= 4 is 17.9 Å². The molecule has 0 unspecified atom stereocenters. The predicted molar refractivity (Wildman–Crippen MR) is 127 cm³/mol. The largest absolute Gasteiger partial charge is 0.497 e. The first-order valence-corrected chi connectivity index (χ1v) is 11.0. The van der Waals surface area contributed by atoms with Gasteiger partial charge in [0.05, 0.1) is 25.7 Å². The van der Waals surface area contributed by atoms with Gasteiger partial charge in [-0.25, -0.2) is 4.68 Å². The molecule has 1 saturated heterocycles. The summed E-state index contributed by atoms with van der Waals surface area (Å²) in [6.45, 7) is 4.40. The lowest BCUT2D eigenvalue weighted by Gasteiger charge is -2.35. The Kier molecular flexibility index (Phi) is 5.79. The van der Waals surface area contributed by atoms with Gasteiger partial charge in [-0.15, -0.1) is 5.10 Å². The summed E-state index contributed by atoms with van der Waals surface area (Å²) in [5, 5.41) is 4.83. The minimum absolute atomic E-state index is 0.642. The van der Waals surface area contributed by atoms with Gasteiger partial charge in [0.2, 0.25) is 10.6 Å². The number of nitrogens with zero attached hydrogens (tertiary/aromatic N) is 5. The van der Waals surface area contributed by atoms with E-state index in [1.807, 2.05) is 63.8 Å². The minimum atomic E-state index is 0.642. The number of hydrogen-bond donors (Lipinski definition) is 0.